The van der Waals surface area contributed by atoms with Gasteiger partial charge >= 0.3 is 6.03 Å². The van der Waals surface area contributed by atoms with E-state index < -0.39 is 0 Å². The van der Waals surface area contributed by atoms with E-state index in [0.717, 1.165) is 36.0 Å². The first-order valence-corrected chi connectivity index (χ1v) is 8.71. The second-order valence-electron chi connectivity index (χ2n) is 6.53. The van der Waals surface area contributed by atoms with Crippen molar-refractivity contribution >= 4 is 16.9 Å². The van der Waals surface area contributed by atoms with E-state index >= 15 is 0 Å². The van der Waals surface area contributed by atoms with Gasteiger partial charge in [0.05, 0.1) is 5.52 Å². The summed E-state index contributed by atoms with van der Waals surface area (Å²) in [7, 11) is 0. The second kappa shape index (κ2) is 6.93. The van der Waals surface area contributed by atoms with Crippen LogP contribution in [-0.2, 0) is 6.54 Å². The van der Waals surface area contributed by atoms with Crippen molar-refractivity contribution in [3.05, 3.63) is 78.0 Å². The number of nitrogens with zero attached hydrogens (tertiary/aromatic N) is 2. The summed E-state index contributed by atoms with van der Waals surface area (Å²) in [6.07, 6.45) is 2.82. The molecular formula is C21H21N3O. The molecule has 3 aromatic rings. The maximum atomic E-state index is 12.5. The maximum absolute atomic E-state index is 12.5. The fourth-order valence-corrected chi connectivity index (χ4v) is 3.47. The molecule has 4 nitrogen and oxygen atoms in total. The Hall–Kier alpha value is -2.88. The average molecular weight is 331 g/mol. The number of carbonyl (C=O) groups excluding carboxylic acids is 1. The molecule has 2 aromatic carbocycles. The third-order valence-electron chi connectivity index (χ3n) is 4.86. The Morgan fingerprint density at radius 2 is 2.00 bits per heavy atom. The Kier molecular flexibility index (Phi) is 4.34. The Morgan fingerprint density at radius 1 is 1.12 bits per heavy atom. The van der Waals surface area contributed by atoms with Crippen molar-refractivity contribution in [3.8, 4) is 0 Å². The Morgan fingerprint density at radius 3 is 2.88 bits per heavy atom. The molecule has 0 unspecified atom stereocenters. The van der Waals surface area contributed by atoms with Crippen LogP contribution in [0.5, 0.6) is 0 Å². The minimum absolute atomic E-state index is 0.0183. The number of benzene rings is 2. The van der Waals surface area contributed by atoms with E-state index in [4.69, 9.17) is 0 Å². The Balaban J connectivity index is 1.36. The van der Waals surface area contributed by atoms with Crippen molar-refractivity contribution in [2.24, 2.45) is 0 Å². The van der Waals surface area contributed by atoms with Gasteiger partial charge < -0.3 is 10.2 Å². The number of fused-ring (bicyclic) bond motifs is 1. The van der Waals surface area contributed by atoms with Crippen LogP contribution in [0, 0.1) is 0 Å². The number of pyridine rings is 1. The summed E-state index contributed by atoms with van der Waals surface area (Å²) in [5, 5.41) is 4.14. The Bertz CT molecular complexity index is 878. The monoisotopic (exact) mass is 331 g/mol. The van der Waals surface area contributed by atoms with Crippen molar-refractivity contribution in [1.29, 1.82) is 0 Å². The highest BCUT2D eigenvalue weighted by Gasteiger charge is 2.26. The van der Waals surface area contributed by atoms with E-state index in [1.54, 1.807) is 6.20 Å². The summed E-state index contributed by atoms with van der Waals surface area (Å²) in [5.41, 5.74) is 3.38. The van der Waals surface area contributed by atoms with Gasteiger partial charge in [-0.3, -0.25) is 4.98 Å². The Labute approximate surface area is 147 Å². The summed E-state index contributed by atoms with van der Waals surface area (Å²) in [4.78, 5) is 18.7. The zero-order chi connectivity index (χ0) is 17.1. The van der Waals surface area contributed by atoms with E-state index in [1.807, 2.05) is 35.2 Å². The van der Waals surface area contributed by atoms with Crippen LogP contribution in [0.3, 0.4) is 0 Å². The van der Waals surface area contributed by atoms with Gasteiger partial charge in [0, 0.05) is 37.1 Å². The van der Waals surface area contributed by atoms with Crippen LogP contribution >= 0.6 is 0 Å². The average Bonchev–Trinajstić information content (AvgIpc) is 3.17. The topological polar surface area (TPSA) is 45.2 Å². The van der Waals surface area contributed by atoms with Gasteiger partial charge in [-0.2, -0.15) is 0 Å². The number of rotatable bonds is 3. The number of likely N-dealkylation sites (tertiary alicyclic amines) is 1. The minimum Gasteiger partial charge on any atom is -0.334 e. The molecule has 0 spiro atoms. The summed E-state index contributed by atoms with van der Waals surface area (Å²) >= 11 is 0. The fourth-order valence-electron chi connectivity index (χ4n) is 3.47. The van der Waals surface area contributed by atoms with E-state index in [0.29, 0.717) is 12.5 Å². The molecule has 1 aliphatic rings. The van der Waals surface area contributed by atoms with Crippen LogP contribution in [0.15, 0.2) is 66.9 Å². The van der Waals surface area contributed by atoms with Crippen molar-refractivity contribution in [3.63, 3.8) is 0 Å². The van der Waals surface area contributed by atoms with Crippen molar-refractivity contribution in [2.75, 3.05) is 13.1 Å². The molecule has 1 aromatic heterocycles. The SMILES string of the molecule is O=C(NCc1ccc2ncccc2c1)N1CC[C@H](c2ccccc2)C1. The molecule has 0 bridgehead atoms. The molecule has 4 heteroatoms. The molecule has 126 valence electrons. The van der Waals surface area contributed by atoms with Gasteiger partial charge in [-0.1, -0.05) is 42.5 Å². The zero-order valence-corrected chi connectivity index (χ0v) is 14.1. The molecule has 1 fully saturated rings. The molecule has 2 heterocycles. The molecule has 1 N–H and O–H groups in total. The maximum Gasteiger partial charge on any atom is 0.317 e. The van der Waals surface area contributed by atoms with Crippen molar-refractivity contribution in [2.45, 2.75) is 18.9 Å². The van der Waals surface area contributed by atoms with E-state index in [1.165, 1.54) is 5.56 Å². The van der Waals surface area contributed by atoms with Gasteiger partial charge in [0.25, 0.3) is 0 Å². The number of nitrogens with one attached hydrogen (secondary N) is 1. The molecule has 25 heavy (non-hydrogen) atoms. The van der Waals surface area contributed by atoms with Gasteiger partial charge in [0.15, 0.2) is 0 Å². The number of hydrogen-bond acceptors (Lipinski definition) is 2. The summed E-state index contributed by atoms with van der Waals surface area (Å²) in [6, 6.07) is 20.5. The largest absolute Gasteiger partial charge is 0.334 e. The lowest BCUT2D eigenvalue weighted by molar-refractivity contribution is 0.208. The molecule has 4 rings (SSSR count). The van der Waals surface area contributed by atoms with Gasteiger partial charge in [0.2, 0.25) is 0 Å². The first-order chi connectivity index (χ1) is 12.3. The number of urea groups is 1. The van der Waals surface area contributed by atoms with Crippen molar-refractivity contribution < 1.29 is 4.79 Å². The van der Waals surface area contributed by atoms with Crippen LogP contribution < -0.4 is 5.32 Å². The molecule has 0 aliphatic carbocycles. The normalized spacial score (nSPS) is 17.0. The van der Waals surface area contributed by atoms with Crippen LogP contribution in [0.4, 0.5) is 4.79 Å². The third kappa shape index (κ3) is 3.48. The smallest absolute Gasteiger partial charge is 0.317 e. The molecule has 2 amide bonds. The summed E-state index contributed by atoms with van der Waals surface area (Å²) in [6.45, 7) is 2.14. The molecule has 0 saturated carbocycles. The molecule has 0 radical (unpaired) electrons. The lowest BCUT2D eigenvalue weighted by Crippen LogP contribution is -2.37. The van der Waals surface area contributed by atoms with Gasteiger partial charge in [0.1, 0.15) is 0 Å². The van der Waals surface area contributed by atoms with Gasteiger partial charge in [-0.15, -0.1) is 0 Å². The number of carbonyl (C=O) groups is 1. The van der Waals surface area contributed by atoms with E-state index in [-0.39, 0.29) is 6.03 Å². The fraction of sp³-hybridized carbons (Fsp3) is 0.238. The van der Waals surface area contributed by atoms with Crippen LogP contribution in [0.2, 0.25) is 0 Å². The highest BCUT2D eigenvalue weighted by atomic mass is 16.2. The van der Waals surface area contributed by atoms with Gasteiger partial charge in [-0.25, -0.2) is 4.79 Å². The van der Waals surface area contributed by atoms with E-state index in [9.17, 15) is 4.79 Å². The van der Waals surface area contributed by atoms with E-state index in [2.05, 4.69) is 40.6 Å². The highest BCUT2D eigenvalue weighted by Crippen LogP contribution is 2.26. The van der Waals surface area contributed by atoms with Crippen LogP contribution in [0.25, 0.3) is 10.9 Å². The first kappa shape index (κ1) is 15.6. The molecular weight excluding hydrogens is 310 g/mol. The minimum atomic E-state index is 0.0183. The number of hydrogen-bond donors (Lipinski definition) is 1. The molecule has 1 atom stereocenters. The number of amides is 2. The summed E-state index contributed by atoms with van der Waals surface area (Å²) in [5.74, 6) is 0.443. The molecule has 1 saturated heterocycles. The van der Waals surface area contributed by atoms with Gasteiger partial charge in [-0.05, 0) is 35.7 Å². The first-order valence-electron chi connectivity index (χ1n) is 8.71. The lowest BCUT2D eigenvalue weighted by atomic mass is 9.99. The predicted octanol–water partition coefficient (Wildman–Crippen LogP) is 3.93. The third-order valence-corrected chi connectivity index (χ3v) is 4.86. The summed E-state index contributed by atoms with van der Waals surface area (Å²) < 4.78 is 0. The quantitative estimate of drug-likeness (QED) is 0.790. The van der Waals surface area contributed by atoms with Crippen LogP contribution in [0.1, 0.15) is 23.5 Å². The lowest BCUT2D eigenvalue weighted by Gasteiger charge is -2.17. The van der Waals surface area contributed by atoms with Crippen LogP contribution in [-0.4, -0.2) is 29.0 Å². The van der Waals surface area contributed by atoms with Crippen molar-refractivity contribution in [1.82, 2.24) is 15.2 Å². The molecule has 1 aliphatic heterocycles. The predicted molar refractivity (Wildman–Crippen MR) is 99.4 cm³/mol. The number of aromatic nitrogens is 1. The standard InChI is InChI=1S/C21H21N3O/c25-21(24-12-10-19(15-24)17-5-2-1-3-6-17)23-14-16-8-9-20-18(13-16)7-4-11-22-20/h1-9,11,13,19H,10,12,14-15H2,(H,23,25)/t19-/m0/s1. The highest BCUT2D eigenvalue weighted by molar-refractivity contribution is 5.79. The second-order valence-corrected chi connectivity index (χ2v) is 6.53. The zero-order valence-electron chi connectivity index (χ0n) is 14.1.